The Kier molecular flexibility index (Phi) is 8.67. The Labute approximate surface area is 132 Å². The van der Waals surface area contributed by atoms with Crippen LogP contribution in [0.15, 0.2) is 29.3 Å². The van der Waals surface area contributed by atoms with Gasteiger partial charge in [-0.2, -0.15) is 0 Å². The summed E-state index contributed by atoms with van der Waals surface area (Å²) in [7, 11) is 3.30. The Balaban J connectivity index is 2.50. The van der Waals surface area contributed by atoms with Crippen LogP contribution < -0.4 is 16.0 Å². The zero-order valence-electron chi connectivity index (χ0n) is 13.6. The molecular formula is C16H26N4O2. The zero-order chi connectivity index (χ0) is 16.2. The average molecular weight is 306 g/mol. The summed E-state index contributed by atoms with van der Waals surface area (Å²) >= 11 is 0. The number of carbonyl (C=O) groups is 1. The van der Waals surface area contributed by atoms with Gasteiger partial charge in [0.05, 0.1) is 13.2 Å². The summed E-state index contributed by atoms with van der Waals surface area (Å²) in [6, 6.07) is 7.64. The molecular weight excluding hydrogens is 280 g/mol. The predicted molar refractivity (Wildman–Crippen MR) is 89.4 cm³/mol. The Morgan fingerprint density at radius 2 is 2.14 bits per heavy atom. The molecule has 22 heavy (non-hydrogen) atoms. The molecule has 0 aliphatic rings. The third kappa shape index (κ3) is 6.58. The summed E-state index contributed by atoms with van der Waals surface area (Å²) in [6.45, 7) is 4.81. The minimum absolute atomic E-state index is 0.0655. The monoisotopic (exact) mass is 306 g/mol. The van der Waals surface area contributed by atoms with E-state index >= 15 is 0 Å². The molecule has 0 spiro atoms. The van der Waals surface area contributed by atoms with Gasteiger partial charge >= 0.3 is 0 Å². The number of hydrogen-bond acceptors (Lipinski definition) is 3. The SMILES string of the molecule is CCNC(=NCCOC)NCCc1cccc(C(=O)NC)c1. The van der Waals surface area contributed by atoms with Crippen molar-refractivity contribution >= 4 is 11.9 Å². The van der Waals surface area contributed by atoms with Gasteiger partial charge in [0.1, 0.15) is 0 Å². The fraction of sp³-hybridized carbons (Fsp3) is 0.500. The first-order chi connectivity index (χ1) is 10.7. The lowest BCUT2D eigenvalue weighted by atomic mass is 10.1. The summed E-state index contributed by atoms with van der Waals surface area (Å²) in [4.78, 5) is 16.0. The number of methoxy groups -OCH3 is 1. The smallest absolute Gasteiger partial charge is 0.251 e. The van der Waals surface area contributed by atoms with E-state index in [0.29, 0.717) is 18.7 Å². The molecule has 0 bridgehead atoms. The number of benzene rings is 1. The van der Waals surface area contributed by atoms with Crippen LogP contribution in [0.25, 0.3) is 0 Å². The van der Waals surface area contributed by atoms with E-state index in [0.717, 1.165) is 31.0 Å². The van der Waals surface area contributed by atoms with E-state index in [1.165, 1.54) is 0 Å². The molecule has 0 aromatic heterocycles. The third-order valence-electron chi connectivity index (χ3n) is 3.03. The zero-order valence-corrected chi connectivity index (χ0v) is 13.6. The van der Waals surface area contributed by atoms with Gasteiger partial charge in [0.25, 0.3) is 5.91 Å². The predicted octanol–water partition coefficient (Wildman–Crippen LogP) is 0.790. The summed E-state index contributed by atoms with van der Waals surface area (Å²) in [5, 5.41) is 9.09. The Bertz CT molecular complexity index is 489. The molecule has 0 aliphatic heterocycles. The van der Waals surface area contributed by atoms with Crippen molar-refractivity contribution in [3.63, 3.8) is 0 Å². The Morgan fingerprint density at radius 3 is 2.82 bits per heavy atom. The van der Waals surface area contributed by atoms with Crippen LogP contribution in [0.3, 0.4) is 0 Å². The number of ether oxygens (including phenoxy) is 1. The second-order valence-electron chi connectivity index (χ2n) is 4.71. The maximum absolute atomic E-state index is 11.6. The number of hydrogen-bond donors (Lipinski definition) is 3. The molecule has 0 saturated carbocycles. The molecule has 0 aliphatic carbocycles. The van der Waals surface area contributed by atoms with Crippen LogP contribution in [0, 0.1) is 0 Å². The first-order valence-electron chi connectivity index (χ1n) is 7.53. The summed E-state index contributed by atoms with van der Waals surface area (Å²) in [5.41, 5.74) is 1.79. The van der Waals surface area contributed by atoms with Crippen LogP contribution in [-0.4, -0.2) is 52.3 Å². The molecule has 0 atom stereocenters. The van der Waals surface area contributed by atoms with Crippen LogP contribution in [0.2, 0.25) is 0 Å². The quantitative estimate of drug-likeness (QED) is 0.377. The minimum atomic E-state index is -0.0655. The van der Waals surface area contributed by atoms with E-state index in [4.69, 9.17) is 4.74 Å². The topological polar surface area (TPSA) is 74.8 Å². The lowest BCUT2D eigenvalue weighted by molar-refractivity contribution is 0.0963. The molecule has 0 radical (unpaired) electrons. The van der Waals surface area contributed by atoms with Crippen LogP contribution in [0.4, 0.5) is 0 Å². The van der Waals surface area contributed by atoms with Crippen molar-refractivity contribution in [1.82, 2.24) is 16.0 Å². The molecule has 0 heterocycles. The number of amides is 1. The first kappa shape index (κ1) is 18.0. The molecule has 0 fully saturated rings. The second-order valence-corrected chi connectivity index (χ2v) is 4.71. The normalized spacial score (nSPS) is 11.1. The molecule has 3 N–H and O–H groups in total. The van der Waals surface area contributed by atoms with Crippen LogP contribution >= 0.6 is 0 Å². The highest BCUT2D eigenvalue weighted by molar-refractivity contribution is 5.94. The van der Waals surface area contributed by atoms with Crippen molar-refractivity contribution in [2.24, 2.45) is 4.99 Å². The summed E-state index contributed by atoms with van der Waals surface area (Å²) in [5.74, 6) is 0.714. The molecule has 6 nitrogen and oxygen atoms in total. The van der Waals surface area contributed by atoms with E-state index in [2.05, 4.69) is 20.9 Å². The highest BCUT2D eigenvalue weighted by Gasteiger charge is 2.04. The van der Waals surface area contributed by atoms with Gasteiger partial charge in [-0.3, -0.25) is 9.79 Å². The van der Waals surface area contributed by atoms with E-state index in [1.807, 2.05) is 31.2 Å². The average Bonchev–Trinajstić information content (AvgIpc) is 2.54. The Hall–Kier alpha value is -2.08. The van der Waals surface area contributed by atoms with Gasteiger partial charge in [-0.1, -0.05) is 12.1 Å². The van der Waals surface area contributed by atoms with Crippen molar-refractivity contribution in [3.05, 3.63) is 35.4 Å². The fourth-order valence-electron chi connectivity index (χ4n) is 1.93. The highest BCUT2D eigenvalue weighted by Crippen LogP contribution is 2.05. The minimum Gasteiger partial charge on any atom is -0.383 e. The fourth-order valence-corrected chi connectivity index (χ4v) is 1.93. The number of guanidine groups is 1. The maximum atomic E-state index is 11.6. The lowest BCUT2D eigenvalue weighted by Crippen LogP contribution is -2.38. The molecule has 1 amide bonds. The van der Waals surface area contributed by atoms with Crippen molar-refractivity contribution < 1.29 is 9.53 Å². The molecule has 6 heteroatoms. The van der Waals surface area contributed by atoms with Gasteiger partial charge in [-0.05, 0) is 31.0 Å². The molecule has 0 unspecified atom stereocenters. The number of nitrogens with one attached hydrogen (secondary N) is 3. The van der Waals surface area contributed by atoms with Crippen molar-refractivity contribution in [2.75, 3.05) is 40.4 Å². The summed E-state index contributed by atoms with van der Waals surface area (Å²) in [6.07, 6.45) is 0.819. The number of nitrogens with zero attached hydrogens (tertiary/aromatic N) is 1. The molecule has 1 aromatic carbocycles. The van der Waals surface area contributed by atoms with Gasteiger partial charge in [0.15, 0.2) is 5.96 Å². The van der Waals surface area contributed by atoms with Crippen molar-refractivity contribution in [3.8, 4) is 0 Å². The molecule has 1 aromatic rings. The standard InChI is InChI=1S/C16H26N4O2/c1-4-18-16(20-10-11-22-3)19-9-8-13-6-5-7-14(12-13)15(21)17-2/h5-7,12H,4,8-11H2,1-3H3,(H,17,21)(H2,18,19,20). The van der Waals surface area contributed by atoms with Gasteiger partial charge in [0, 0.05) is 32.8 Å². The highest BCUT2D eigenvalue weighted by atomic mass is 16.5. The Morgan fingerprint density at radius 1 is 1.32 bits per heavy atom. The first-order valence-corrected chi connectivity index (χ1v) is 7.53. The van der Waals surface area contributed by atoms with Gasteiger partial charge in [-0.25, -0.2) is 0 Å². The van der Waals surface area contributed by atoms with E-state index in [1.54, 1.807) is 14.2 Å². The van der Waals surface area contributed by atoms with Gasteiger partial charge in [0.2, 0.25) is 0 Å². The number of carbonyl (C=O) groups excluding carboxylic acids is 1. The third-order valence-corrected chi connectivity index (χ3v) is 3.03. The van der Waals surface area contributed by atoms with Crippen LogP contribution in [0.1, 0.15) is 22.8 Å². The molecule has 0 saturated heterocycles. The van der Waals surface area contributed by atoms with Gasteiger partial charge in [-0.15, -0.1) is 0 Å². The van der Waals surface area contributed by atoms with Crippen molar-refractivity contribution in [1.29, 1.82) is 0 Å². The maximum Gasteiger partial charge on any atom is 0.251 e. The van der Waals surface area contributed by atoms with Crippen molar-refractivity contribution in [2.45, 2.75) is 13.3 Å². The van der Waals surface area contributed by atoms with E-state index in [9.17, 15) is 4.79 Å². The van der Waals surface area contributed by atoms with Crippen LogP contribution in [0.5, 0.6) is 0 Å². The second kappa shape index (κ2) is 10.6. The van der Waals surface area contributed by atoms with E-state index < -0.39 is 0 Å². The molecule has 122 valence electrons. The number of aliphatic imine (C=N–C) groups is 1. The lowest BCUT2D eigenvalue weighted by Gasteiger charge is -2.11. The van der Waals surface area contributed by atoms with Gasteiger partial charge < -0.3 is 20.7 Å². The largest absolute Gasteiger partial charge is 0.383 e. The molecule has 1 rings (SSSR count). The van der Waals surface area contributed by atoms with E-state index in [-0.39, 0.29) is 5.91 Å². The number of rotatable bonds is 8. The van der Waals surface area contributed by atoms with Crippen LogP contribution in [-0.2, 0) is 11.2 Å². The summed E-state index contributed by atoms with van der Waals surface area (Å²) < 4.78 is 4.99.